The number of hydrogen-bond donors (Lipinski definition) is 2. The van der Waals surface area contributed by atoms with E-state index in [2.05, 4.69) is 31.4 Å². The van der Waals surface area contributed by atoms with Gasteiger partial charge in [-0.15, -0.1) is 0 Å². The maximum Gasteiger partial charge on any atom is 0.0197 e. The number of piperidine rings is 1. The van der Waals surface area contributed by atoms with Gasteiger partial charge in [0.25, 0.3) is 0 Å². The Bertz CT molecular complexity index is 125. The fourth-order valence-corrected chi connectivity index (χ4v) is 1.80. The zero-order valence-electron chi connectivity index (χ0n) is 8.56. The molecule has 0 spiro atoms. The molecular formula is C10H22N2. The SMILES string of the molecule is CCC(C)NC1CNCC(C)C1. The molecule has 2 nitrogen and oxygen atoms in total. The van der Waals surface area contributed by atoms with Crippen molar-refractivity contribution in [3.63, 3.8) is 0 Å². The summed E-state index contributed by atoms with van der Waals surface area (Å²) in [7, 11) is 0. The molecule has 1 aliphatic rings. The third-order valence-corrected chi connectivity index (χ3v) is 2.70. The number of nitrogens with one attached hydrogen (secondary N) is 2. The second-order valence-electron chi connectivity index (χ2n) is 4.17. The highest BCUT2D eigenvalue weighted by Gasteiger charge is 2.18. The smallest absolute Gasteiger partial charge is 0.0197 e. The summed E-state index contributed by atoms with van der Waals surface area (Å²) in [6, 6.07) is 1.37. The summed E-state index contributed by atoms with van der Waals surface area (Å²) in [4.78, 5) is 0. The first-order valence-corrected chi connectivity index (χ1v) is 5.19. The van der Waals surface area contributed by atoms with Crippen molar-refractivity contribution in [3.8, 4) is 0 Å². The molecule has 1 fully saturated rings. The Hall–Kier alpha value is -0.0800. The molecule has 0 amide bonds. The van der Waals surface area contributed by atoms with Gasteiger partial charge in [0.05, 0.1) is 0 Å². The minimum absolute atomic E-state index is 0.669. The highest BCUT2D eigenvalue weighted by atomic mass is 15.0. The van der Waals surface area contributed by atoms with Gasteiger partial charge in [-0.1, -0.05) is 13.8 Å². The van der Waals surface area contributed by atoms with Crippen LogP contribution in [0.5, 0.6) is 0 Å². The van der Waals surface area contributed by atoms with Crippen molar-refractivity contribution in [2.45, 2.75) is 45.7 Å². The summed E-state index contributed by atoms with van der Waals surface area (Å²) >= 11 is 0. The zero-order valence-corrected chi connectivity index (χ0v) is 8.56. The molecule has 1 heterocycles. The van der Waals surface area contributed by atoms with Crippen molar-refractivity contribution < 1.29 is 0 Å². The molecule has 0 aromatic rings. The van der Waals surface area contributed by atoms with E-state index in [0.29, 0.717) is 12.1 Å². The second kappa shape index (κ2) is 4.83. The van der Waals surface area contributed by atoms with Crippen LogP contribution in [0.3, 0.4) is 0 Å². The van der Waals surface area contributed by atoms with Crippen LogP contribution in [0.1, 0.15) is 33.6 Å². The van der Waals surface area contributed by atoms with Crippen LogP contribution in [0.4, 0.5) is 0 Å². The summed E-state index contributed by atoms with van der Waals surface area (Å²) in [6.45, 7) is 9.15. The summed E-state index contributed by atoms with van der Waals surface area (Å²) in [5.41, 5.74) is 0. The first kappa shape index (κ1) is 10.0. The van der Waals surface area contributed by atoms with E-state index in [4.69, 9.17) is 0 Å². The van der Waals surface area contributed by atoms with E-state index < -0.39 is 0 Å². The van der Waals surface area contributed by atoms with Crippen molar-refractivity contribution in [2.75, 3.05) is 13.1 Å². The van der Waals surface area contributed by atoms with E-state index in [1.165, 1.54) is 19.4 Å². The second-order valence-corrected chi connectivity index (χ2v) is 4.17. The minimum Gasteiger partial charge on any atom is -0.315 e. The monoisotopic (exact) mass is 170 g/mol. The lowest BCUT2D eigenvalue weighted by molar-refractivity contribution is 0.299. The quantitative estimate of drug-likeness (QED) is 0.668. The highest BCUT2D eigenvalue weighted by molar-refractivity contribution is 4.80. The molecule has 0 aromatic heterocycles. The van der Waals surface area contributed by atoms with Crippen molar-refractivity contribution in [3.05, 3.63) is 0 Å². The topological polar surface area (TPSA) is 24.1 Å². The summed E-state index contributed by atoms with van der Waals surface area (Å²) in [6.07, 6.45) is 2.56. The molecule has 0 radical (unpaired) electrons. The van der Waals surface area contributed by atoms with Crippen LogP contribution in [0.2, 0.25) is 0 Å². The van der Waals surface area contributed by atoms with Gasteiger partial charge in [0.1, 0.15) is 0 Å². The molecule has 1 saturated heterocycles. The maximum absolute atomic E-state index is 3.64. The van der Waals surface area contributed by atoms with E-state index in [9.17, 15) is 0 Å². The molecule has 72 valence electrons. The average Bonchev–Trinajstić information content (AvgIpc) is 2.04. The molecule has 3 unspecified atom stereocenters. The normalized spacial score (nSPS) is 33.2. The minimum atomic E-state index is 0.669. The molecule has 2 heteroatoms. The van der Waals surface area contributed by atoms with Gasteiger partial charge < -0.3 is 10.6 Å². The van der Waals surface area contributed by atoms with Gasteiger partial charge in [-0.2, -0.15) is 0 Å². The molecule has 1 aliphatic heterocycles. The number of rotatable bonds is 3. The Morgan fingerprint density at radius 3 is 2.83 bits per heavy atom. The Morgan fingerprint density at radius 2 is 2.25 bits per heavy atom. The van der Waals surface area contributed by atoms with Gasteiger partial charge in [0.15, 0.2) is 0 Å². The van der Waals surface area contributed by atoms with E-state index in [0.717, 1.165) is 12.5 Å². The largest absolute Gasteiger partial charge is 0.315 e. The fraction of sp³-hybridized carbons (Fsp3) is 1.00. The van der Waals surface area contributed by atoms with Crippen LogP contribution in [-0.2, 0) is 0 Å². The van der Waals surface area contributed by atoms with Gasteiger partial charge in [0, 0.05) is 18.6 Å². The zero-order chi connectivity index (χ0) is 8.97. The summed E-state index contributed by atoms with van der Waals surface area (Å²) in [5.74, 6) is 0.834. The first-order valence-electron chi connectivity index (χ1n) is 5.19. The lowest BCUT2D eigenvalue weighted by Crippen LogP contribution is -2.48. The molecule has 12 heavy (non-hydrogen) atoms. The van der Waals surface area contributed by atoms with E-state index in [1.807, 2.05) is 0 Å². The van der Waals surface area contributed by atoms with Gasteiger partial charge in [-0.25, -0.2) is 0 Å². The van der Waals surface area contributed by atoms with E-state index in [1.54, 1.807) is 0 Å². The predicted molar refractivity (Wildman–Crippen MR) is 53.3 cm³/mol. The lowest BCUT2D eigenvalue weighted by Gasteiger charge is -2.30. The third kappa shape index (κ3) is 3.11. The lowest BCUT2D eigenvalue weighted by atomic mass is 9.97. The average molecular weight is 170 g/mol. The van der Waals surface area contributed by atoms with Crippen molar-refractivity contribution >= 4 is 0 Å². The van der Waals surface area contributed by atoms with Crippen LogP contribution >= 0.6 is 0 Å². The summed E-state index contributed by atoms with van der Waals surface area (Å²) in [5, 5.41) is 7.09. The van der Waals surface area contributed by atoms with Gasteiger partial charge >= 0.3 is 0 Å². The Labute approximate surface area is 76.1 Å². The van der Waals surface area contributed by atoms with Crippen molar-refractivity contribution in [2.24, 2.45) is 5.92 Å². The maximum atomic E-state index is 3.64. The van der Waals surface area contributed by atoms with Crippen LogP contribution < -0.4 is 10.6 Å². The molecule has 0 aromatic carbocycles. The standard InChI is InChI=1S/C10H22N2/c1-4-9(3)12-10-5-8(2)6-11-7-10/h8-12H,4-7H2,1-3H3. The first-order chi connectivity index (χ1) is 5.72. The number of hydrogen-bond acceptors (Lipinski definition) is 2. The van der Waals surface area contributed by atoms with Gasteiger partial charge in [0.2, 0.25) is 0 Å². The van der Waals surface area contributed by atoms with Crippen LogP contribution in [0, 0.1) is 5.92 Å². The fourth-order valence-electron chi connectivity index (χ4n) is 1.80. The Balaban J connectivity index is 2.22. The van der Waals surface area contributed by atoms with Crippen LogP contribution in [0.15, 0.2) is 0 Å². The van der Waals surface area contributed by atoms with Crippen molar-refractivity contribution in [1.29, 1.82) is 0 Å². The molecule has 0 aliphatic carbocycles. The highest BCUT2D eigenvalue weighted by Crippen LogP contribution is 2.10. The van der Waals surface area contributed by atoms with E-state index >= 15 is 0 Å². The van der Waals surface area contributed by atoms with E-state index in [-0.39, 0.29) is 0 Å². The molecular weight excluding hydrogens is 148 g/mol. The molecule has 3 atom stereocenters. The van der Waals surface area contributed by atoms with Crippen LogP contribution in [-0.4, -0.2) is 25.2 Å². The van der Waals surface area contributed by atoms with Crippen LogP contribution in [0.25, 0.3) is 0 Å². The predicted octanol–water partition coefficient (Wildman–Crippen LogP) is 1.37. The Morgan fingerprint density at radius 1 is 1.50 bits per heavy atom. The van der Waals surface area contributed by atoms with Gasteiger partial charge in [-0.3, -0.25) is 0 Å². The summed E-state index contributed by atoms with van der Waals surface area (Å²) < 4.78 is 0. The molecule has 0 bridgehead atoms. The molecule has 2 N–H and O–H groups in total. The Kier molecular flexibility index (Phi) is 4.02. The van der Waals surface area contributed by atoms with Gasteiger partial charge in [-0.05, 0) is 32.2 Å². The third-order valence-electron chi connectivity index (χ3n) is 2.70. The molecule has 0 saturated carbocycles. The van der Waals surface area contributed by atoms with Crippen molar-refractivity contribution in [1.82, 2.24) is 10.6 Å². The molecule has 1 rings (SSSR count).